The summed E-state index contributed by atoms with van der Waals surface area (Å²) < 4.78 is 1.74. The van der Waals surface area contributed by atoms with Crippen LogP contribution in [0.3, 0.4) is 0 Å². The van der Waals surface area contributed by atoms with Crippen molar-refractivity contribution in [1.29, 1.82) is 0 Å². The van der Waals surface area contributed by atoms with Gasteiger partial charge in [0.2, 0.25) is 0 Å². The minimum atomic E-state index is 0.184. The normalized spacial score (nSPS) is 12.1. The summed E-state index contributed by atoms with van der Waals surface area (Å²) in [5.41, 5.74) is 6.89. The largest absolute Gasteiger partial charge is 0.383 e. The molecule has 2 N–H and O–H groups in total. The Morgan fingerprint density at radius 3 is 2.36 bits per heavy atom. The molecule has 1 heterocycles. The molecule has 0 aliphatic rings. The van der Waals surface area contributed by atoms with Gasteiger partial charge in [-0.25, -0.2) is 4.68 Å². The van der Waals surface area contributed by atoms with Crippen molar-refractivity contribution >= 4 is 17.4 Å². The molecular formula is C10H18ClN3. The van der Waals surface area contributed by atoms with Crippen LogP contribution in [-0.2, 0) is 13.0 Å². The lowest BCUT2D eigenvalue weighted by Gasteiger charge is -2.16. The van der Waals surface area contributed by atoms with Crippen LogP contribution in [0.2, 0.25) is 5.02 Å². The first-order valence-electron chi connectivity index (χ1n) is 4.86. The molecule has 0 radical (unpaired) electrons. The summed E-state index contributed by atoms with van der Waals surface area (Å²) in [4.78, 5) is 0. The second kappa shape index (κ2) is 3.81. The first-order chi connectivity index (χ1) is 6.35. The number of anilines is 1. The number of aryl methyl sites for hydroxylation is 1. The Kier molecular flexibility index (Phi) is 3.10. The summed E-state index contributed by atoms with van der Waals surface area (Å²) in [7, 11) is 0. The van der Waals surface area contributed by atoms with Crippen molar-refractivity contribution in [2.75, 3.05) is 5.73 Å². The molecule has 0 aromatic carbocycles. The lowest BCUT2D eigenvalue weighted by Crippen LogP contribution is -2.10. The van der Waals surface area contributed by atoms with Crippen LogP contribution in [0.4, 0.5) is 5.82 Å². The number of aromatic nitrogens is 2. The van der Waals surface area contributed by atoms with Crippen LogP contribution >= 0.6 is 11.6 Å². The van der Waals surface area contributed by atoms with Crippen molar-refractivity contribution in [3.63, 3.8) is 0 Å². The van der Waals surface area contributed by atoms with Crippen molar-refractivity contribution in [3.8, 4) is 0 Å². The molecule has 0 atom stereocenters. The maximum Gasteiger partial charge on any atom is 0.140 e. The molecule has 0 unspecified atom stereocenters. The molecule has 0 aliphatic heterocycles. The Labute approximate surface area is 90.2 Å². The number of halogens is 1. The Balaban J connectivity index is 2.99. The predicted molar refractivity (Wildman–Crippen MR) is 60.5 cm³/mol. The Morgan fingerprint density at radius 2 is 2.00 bits per heavy atom. The summed E-state index contributed by atoms with van der Waals surface area (Å²) in [6, 6.07) is 0. The fourth-order valence-electron chi connectivity index (χ4n) is 1.36. The number of rotatable bonds is 2. The Morgan fingerprint density at radius 1 is 1.43 bits per heavy atom. The van der Waals surface area contributed by atoms with Crippen molar-refractivity contribution in [2.24, 2.45) is 5.41 Å². The third-order valence-corrected chi connectivity index (χ3v) is 2.41. The monoisotopic (exact) mass is 215 g/mol. The number of nitrogens with zero attached hydrogens (tertiary/aromatic N) is 2. The van der Waals surface area contributed by atoms with E-state index in [2.05, 4.69) is 25.9 Å². The van der Waals surface area contributed by atoms with E-state index in [-0.39, 0.29) is 5.41 Å². The average Bonchev–Trinajstić information content (AvgIpc) is 2.30. The lowest BCUT2D eigenvalue weighted by atomic mass is 9.91. The molecule has 0 amide bonds. The number of nitrogen functional groups attached to an aromatic ring is 1. The van der Waals surface area contributed by atoms with Crippen LogP contribution < -0.4 is 5.73 Å². The lowest BCUT2D eigenvalue weighted by molar-refractivity contribution is 0.403. The molecule has 1 rings (SSSR count). The smallest absolute Gasteiger partial charge is 0.140 e. The minimum absolute atomic E-state index is 0.184. The molecule has 0 spiro atoms. The molecule has 1 aromatic heterocycles. The molecule has 14 heavy (non-hydrogen) atoms. The second-order valence-corrected chi connectivity index (χ2v) is 5.08. The predicted octanol–water partition coefficient (Wildman–Crippen LogP) is 2.73. The number of hydrogen-bond acceptors (Lipinski definition) is 2. The third-order valence-electron chi connectivity index (χ3n) is 2.00. The number of hydrogen-bond donors (Lipinski definition) is 1. The van der Waals surface area contributed by atoms with Gasteiger partial charge in [-0.3, -0.25) is 0 Å². The van der Waals surface area contributed by atoms with Crippen molar-refractivity contribution in [1.82, 2.24) is 9.78 Å². The van der Waals surface area contributed by atoms with Gasteiger partial charge in [-0.2, -0.15) is 5.10 Å². The van der Waals surface area contributed by atoms with E-state index in [1.54, 1.807) is 4.68 Å². The first-order valence-corrected chi connectivity index (χ1v) is 5.23. The SMILES string of the molecule is CCn1nc(CC(C)(C)C)c(Cl)c1N. The zero-order chi connectivity index (χ0) is 10.9. The second-order valence-electron chi connectivity index (χ2n) is 4.70. The maximum atomic E-state index is 6.09. The van der Waals surface area contributed by atoms with Crippen LogP contribution in [0.1, 0.15) is 33.4 Å². The van der Waals surface area contributed by atoms with E-state index in [1.165, 1.54) is 0 Å². The van der Waals surface area contributed by atoms with Crippen LogP contribution in [0, 0.1) is 5.41 Å². The molecule has 0 saturated carbocycles. The number of nitrogens with two attached hydrogens (primary N) is 1. The molecule has 3 nitrogen and oxygen atoms in total. The van der Waals surface area contributed by atoms with E-state index in [0.29, 0.717) is 10.8 Å². The van der Waals surface area contributed by atoms with E-state index in [9.17, 15) is 0 Å². The highest BCUT2D eigenvalue weighted by Gasteiger charge is 2.19. The molecular weight excluding hydrogens is 198 g/mol. The molecule has 0 fully saturated rings. The molecule has 0 bridgehead atoms. The summed E-state index contributed by atoms with van der Waals surface area (Å²) in [5.74, 6) is 0.577. The van der Waals surface area contributed by atoms with E-state index < -0.39 is 0 Å². The van der Waals surface area contributed by atoms with Gasteiger partial charge in [0.25, 0.3) is 0 Å². The minimum Gasteiger partial charge on any atom is -0.383 e. The van der Waals surface area contributed by atoms with E-state index in [1.807, 2.05) is 6.92 Å². The highest BCUT2D eigenvalue weighted by molar-refractivity contribution is 6.33. The summed E-state index contributed by atoms with van der Waals surface area (Å²) in [6.45, 7) is 9.23. The molecule has 80 valence electrons. The zero-order valence-electron chi connectivity index (χ0n) is 9.26. The maximum absolute atomic E-state index is 6.09. The summed E-state index contributed by atoms with van der Waals surface area (Å²) in [6.07, 6.45) is 0.850. The Bertz CT molecular complexity index is 323. The summed E-state index contributed by atoms with van der Waals surface area (Å²) in [5, 5.41) is 4.99. The van der Waals surface area contributed by atoms with Gasteiger partial charge in [0, 0.05) is 6.54 Å². The van der Waals surface area contributed by atoms with Gasteiger partial charge < -0.3 is 5.73 Å². The molecule has 1 aromatic rings. The van der Waals surface area contributed by atoms with Gasteiger partial charge in [0.05, 0.1) is 5.69 Å². The van der Waals surface area contributed by atoms with E-state index in [4.69, 9.17) is 17.3 Å². The van der Waals surface area contributed by atoms with Gasteiger partial charge in [-0.05, 0) is 18.8 Å². The highest BCUT2D eigenvalue weighted by atomic mass is 35.5. The summed E-state index contributed by atoms with van der Waals surface area (Å²) >= 11 is 6.09. The third kappa shape index (κ3) is 2.41. The van der Waals surface area contributed by atoms with E-state index >= 15 is 0 Å². The van der Waals surface area contributed by atoms with Gasteiger partial charge in [0.15, 0.2) is 0 Å². The topological polar surface area (TPSA) is 43.8 Å². The van der Waals surface area contributed by atoms with Gasteiger partial charge >= 0.3 is 0 Å². The van der Waals surface area contributed by atoms with Crippen molar-refractivity contribution < 1.29 is 0 Å². The van der Waals surface area contributed by atoms with Crippen LogP contribution in [-0.4, -0.2) is 9.78 Å². The van der Waals surface area contributed by atoms with E-state index in [0.717, 1.165) is 18.7 Å². The van der Waals surface area contributed by atoms with Gasteiger partial charge in [0.1, 0.15) is 10.8 Å². The van der Waals surface area contributed by atoms with Crippen molar-refractivity contribution in [2.45, 2.75) is 40.7 Å². The first kappa shape index (κ1) is 11.4. The van der Waals surface area contributed by atoms with Gasteiger partial charge in [-0.15, -0.1) is 0 Å². The van der Waals surface area contributed by atoms with Crippen molar-refractivity contribution in [3.05, 3.63) is 10.7 Å². The average molecular weight is 216 g/mol. The van der Waals surface area contributed by atoms with Crippen LogP contribution in [0.15, 0.2) is 0 Å². The molecule has 0 aliphatic carbocycles. The quantitative estimate of drug-likeness (QED) is 0.825. The fourth-order valence-corrected chi connectivity index (χ4v) is 1.56. The fraction of sp³-hybridized carbons (Fsp3) is 0.700. The molecule has 4 heteroatoms. The Hall–Kier alpha value is -0.700. The zero-order valence-corrected chi connectivity index (χ0v) is 10.0. The molecule has 0 saturated heterocycles. The van der Waals surface area contributed by atoms with Gasteiger partial charge in [-0.1, -0.05) is 32.4 Å². The van der Waals surface area contributed by atoms with Crippen LogP contribution in [0.25, 0.3) is 0 Å². The highest BCUT2D eigenvalue weighted by Crippen LogP contribution is 2.28. The van der Waals surface area contributed by atoms with Crippen LogP contribution in [0.5, 0.6) is 0 Å². The standard InChI is InChI=1S/C10H18ClN3/c1-5-14-9(12)8(11)7(13-14)6-10(2,3)4/h5-6,12H2,1-4H3.